The summed E-state index contributed by atoms with van der Waals surface area (Å²) in [5, 5.41) is 0. The lowest BCUT2D eigenvalue weighted by Crippen LogP contribution is -2.68. The number of benzene rings is 5. The molecule has 5 aromatic carbocycles. The van der Waals surface area contributed by atoms with Crippen molar-refractivity contribution in [3.8, 4) is 0 Å². The van der Waals surface area contributed by atoms with Gasteiger partial charge in [-0.3, -0.25) is 19.2 Å². The molecule has 0 spiro atoms. The highest BCUT2D eigenvalue weighted by Crippen LogP contribution is 2.39. The zero-order valence-corrected chi connectivity index (χ0v) is 52.2. The van der Waals surface area contributed by atoms with E-state index in [1.807, 2.05) is 0 Å². The SMILES string of the molecule is CC(=O)OC[C@H]1O[C@H](O[C@@H]2[C@H](OC(=O)c3ccccc3)[C@@H](OC(=O)c3ccccc3)[C@H](O[C@H]3[C@H](OC(=O)c4ccccc4)[C@@H](OC(=O)c4ccccc4)[C@H](OCC[Si](C)(C)C)O[C@@H]3COC(=O)c3ccccc3)O[C@@H]2C)[C@H](OC(C)=O)[C@@H](OC(C)=O)[C@H]1OC(C)=O. The highest BCUT2D eigenvalue weighted by atomic mass is 28.3. The highest BCUT2D eigenvalue weighted by Gasteiger charge is 2.60. The second kappa shape index (κ2) is 31.9. The fourth-order valence-corrected chi connectivity index (χ4v) is 10.8. The number of carbonyl (C=O) groups is 9. The van der Waals surface area contributed by atoms with E-state index in [4.69, 9.17) is 71.1 Å². The van der Waals surface area contributed by atoms with Crippen LogP contribution in [0.3, 0.4) is 0 Å². The molecule has 25 heteroatoms. The summed E-state index contributed by atoms with van der Waals surface area (Å²) in [5.74, 6) is -8.38. The van der Waals surface area contributed by atoms with Gasteiger partial charge in [0.05, 0.1) is 33.9 Å². The van der Waals surface area contributed by atoms with Crippen LogP contribution in [0, 0.1) is 0 Å². The summed E-state index contributed by atoms with van der Waals surface area (Å²) in [5.41, 5.74) is 0.212. The van der Waals surface area contributed by atoms with Gasteiger partial charge >= 0.3 is 53.7 Å². The van der Waals surface area contributed by atoms with Gasteiger partial charge in [0, 0.05) is 42.4 Å². The molecule has 91 heavy (non-hydrogen) atoms. The second-order valence-corrected chi connectivity index (χ2v) is 28.2. The van der Waals surface area contributed by atoms with Crippen molar-refractivity contribution in [1.82, 2.24) is 0 Å². The van der Waals surface area contributed by atoms with Crippen molar-refractivity contribution in [2.45, 2.75) is 152 Å². The van der Waals surface area contributed by atoms with Gasteiger partial charge in [-0.05, 0) is 73.6 Å². The Hall–Kier alpha value is -8.69. The Labute approximate surface area is 525 Å². The summed E-state index contributed by atoms with van der Waals surface area (Å²) >= 11 is 0. The van der Waals surface area contributed by atoms with E-state index >= 15 is 0 Å². The van der Waals surface area contributed by atoms with Gasteiger partial charge in [0.15, 0.2) is 61.6 Å². The van der Waals surface area contributed by atoms with Crippen molar-refractivity contribution in [1.29, 1.82) is 0 Å². The Morgan fingerprint density at radius 3 is 1.10 bits per heavy atom. The molecule has 8 rings (SSSR count). The van der Waals surface area contributed by atoms with E-state index in [-0.39, 0.29) is 34.4 Å². The van der Waals surface area contributed by atoms with E-state index in [9.17, 15) is 43.2 Å². The van der Waals surface area contributed by atoms with Crippen molar-refractivity contribution in [2.24, 2.45) is 0 Å². The van der Waals surface area contributed by atoms with Gasteiger partial charge in [0.25, 0.3) is 0 Å². The van der Waals surface area contributed by atoms with Crippen molar-refractivity contribution < 1.29 is 114 Å². The molecule has 0 unspecified atom stereocenters. The van der Waals surface area contributed by atoms with E-state index in [2.05, 4.69) is 19.6 Å². The molecular formula is C66H72O24Si. The summed E-state index contributed by atoms with van der Waals surface area (Å²) in [6.07, 6.45) is -26.2. The van der Waals surface area contributed by atoms with Crippen LogP contribution >= 0.6 is 0 Å². The van der Waals surface area contributed by atoms with Crippen LogP contribution in [-0.4, -0.2) is 174 Å². The highest BCUT2D eigenvalue weighted by molar-refractivity contribution is 6.76. The topological polar surface area (TPSA) is 292 Å². The van der Waals surface area contributed by atoms with Crippen molar-refractivity contribution in [3.63, 3.8) is 0 Å². The molecule has 0 bridgehead atoms. The minimum absolute atomic E-state index is 0.0181. The third kappa shape index (κ3) is 18.9. The summed E-state index contributed by atoms with van der Waals surface area (Å²) in [6, 6.07) is 39.5. The Morgan fingerprint density at radius 2 is 0.670 bits per heavy atom. The Morgan fingerprint density at radius 1 is 0.352 bits per heavy atom. The molecule has 484 valence electrons. The average Bonchev–Trinajstić information content (AvgIpc) is 0.792. The third-order valence-corrected chi connectivity index (χ3v) is 16.1. The quantitative estimate of drug-likeness (QED) is 0.0330. The molecule has 3 aliphatic heterocycles. The van der Waals surface area contributed by atoms with Crippen LogP contribution in [-0.2, 0) is 90.2 Å². The third-order valence-electron chi connectivity index (χ3n) is 14.4. The standard InChI is InChI=1S/C66H72O24Si/c1-38-50(89-66-57(82-42(5)70)54(81-41(4)69)51(80-40(3)68)48(84-66)36-77-39(2)67)53(85-60(72)44-26-16-10-17-27-44)58(88-63(75)47-32-22-13-23-33-47)65(79-38)90-52-49(37-78-59(71)43-24-14-9-15-25-43)83-64(76-34-35-91(6,7)8)56(87-62(74)46-30-20-12-21-31-46)55(52)86-61(73)45-28-18-11-19-29-45/h9-33,38,48-58,64-66H,34-37H2,1-8H3/t38-,48-,49-,50+,51+,52-,53+,54+,55+,56-,57-,58-,64-,65+,66-/m1/s1. The van der Waals surface area contributed by atoms with E-state index < -0.39 is 167 Å². The van der Waals surface area contributed by atoms with Gasteiger partial charge in [-0.25, -0.2) is 24.0 Å². The molecule has 0 amide bonds. The zero-order chi connectivity index (χ0) is 65.4. The smallest absolute Gasteiger partial charge is 0.338 e. The molecule has 0 aromatic heterocycles. The maximum absolute atomic E-state index is 14.8. The minimum atomic E-state index is -2.01. The molecule has 3 fully saturated rings. The summed E-state index contributed by atoms with van der Waals surface area (Å²) in [6.45, 7) is 10.7. The number of hydrogen-bond acceptors (Lipinski definition) is 24. The summed E-state index contributed by atoms with van der Waals surface area (Å²) in [7, 11) is -1.88. The fourth-order valence-electron chi connectivity index (χ4n) is 10.1. The Bertz CT molecular complexity index is 3280. The monoisotopic (exact) mass is 1280 g/mol. The fraction of sp³-hybridized carbons (Fsp3) is 0.409. The van der Waals surface area contributed by atoms with Crippen molar-refractivity contribution in [2.75, 3.05) is 19.8 Å². The zero-order valence-electron chi connectivity index (χ0n) is 51.2. The van der Waals surface area contributed by atoms with Gasteiger partial charge in [-0.15, -0.1) is 0 Å². The Balaban J connectivity index is 1.30. The average molecular weight is 1280 g/mol. The van der Waals surface area contributed by atoms with Crippen LogP contribution in [0.25, 0.3) is 0 Å². The lowest BCUT2D eigenvalue weighted by molar-refractivity contribution is -0.374. The molecule has 0 aliphatic carbocycles. The lowest BCUT2D eigenvalue weighted by Gasteiger charge is -2.50. The molecule has 24 nitrogen and oxygen atoms in total. The molecule has 0 saturated carbocycles. The van der Waals surface area contributed by atoms with E-state index in [0.717, 1.165) is 27.7 Å². The van der Waals surface area contributed by atoms with Crippen molar-refractivity contribution >= 4 is 61.8 Å². The van der Waals surface area contributed by atoms with Crippen molar-refractivity contribution in [3.05, 3.63) is 179 Å². The minimum Gasteiger partial charge on any atom is -0.463 e. The van der Waals surface area contributed by atoms with E-state index in [0.29, 0.717) is 6.04 Å². The molecule has 0 N–H and O–H groups in total. The first-order valence-electron chi connectivity index (χ1n) is 29.3. The largest absolute Gasteiger partial charge is 0.463 e. The van der Waals surface area contributed by atoms with Crippen LogP contribution in [0.1, 0.15) is 86.4 Å². The Kier molecular flexibility index (Phi) is 23.9. The molecular weight excluding hydrogens is 1200 g/mol. The molecule has 3 saturated heterocycles. The maximum Gasteiger partial charge on any atom is 0.338 e. The number of rotatable bonds is 24. The van der Waals surface area contributed by atoms with Crippen LogP contribution in [0.5, 0.6) is 0 Å². The van der Waals surface area contributed by atoms with Gasteiger partial charge in [-0.2, -0.15) is 0 Å². The second-order valence-electron chi connectivity index (χ2n) is 22.6. The van der Waals surface area contributed by atoms with Gasteiger partial charge in [-0.1, -0.05) is 111 Å². The molecule has 0 radical (unpaired) electrons. The molecule has 3 aliphatic rings. The van der Waals surface area contributed by atoms with E-state index in [1.54, 1.807) is 91.0 Å². The van der Waals surface area contributed by atoms with Crippen LogP contribution in [0.4, 0.5) is 0 Å². The predicted molar refractivity (Wildman–Crippen MR) is 318 cm³/mol. The van der Waals surface area contributed by atoms with Crippen LogP contribution in [0.15, 0.2) is 152 Å². The normalized spacial score (nSPS) is 26.3. The number of carbonyl (C=O) groups excluding carboxylic acids is 9. The predicted octanol–water partition coefficient (Wildman–Crippen LogP) is 7.42. The maximum atomic E-state index is 14.8. The van der Waals surface area contributed by atoms with Crippen LogP contribution in [0.2, 0.25) is 25.7 Å². The molecule has 5 aromatic rings. The first kappa shape index (κ1) is 68.2. The number of ether oxygens (including phenoxy) is 15. The van der Waals surface area contributed by atoms with Crippen LogP contribution < -0.4 is 0 Å². The molecule has 15 atom stereocenters. The summed E-state index contributed by atoms with van der Waals surface area (Å²) < 4.78 is 94.1. The first-order valence-corrected chi connectivity index (χ1v) is 33.0. The van der Waals surface area contributed by atoms with Gasteiger partial charge < -0.3 is 71.1 Å². The van der Waals surface area contributed by atoms with E-state index in [1.165, 1.54) is 67.6 Å². The number of esters is 9. The number of hydrogen-bond donors (Lipinski definition) is 0. The lowest BCUT2D eigenvalue weighted by atomic mass is 9.95. The molecule has 3 heterocycles. The summed E-state index contributed by atoms with van der Waals surface area (Å²) in [4.78, 5) is 124. The van der Waals surface area contributed by atoms with Gasteiger partial charge in [0.2, 0.25) is 0 Å². The van der Waals surface area contributed by atoms with Gasteiger partial charge in [0.1, 0.15) is 37.6 Å². The first-order chi connectivity index (χ1) is 43.5.